The van der Waals surface area contributed by atoms with Crippen LogP contribution in [0.4, 0.5) is 0 Å². The summed E-state index contributed by atoms with van der Waals surface area (Å²) < 4.78 is 6.77. The van der Waals surface area contributed by atoms with Crippen molar-refractivity contribution < 1.29 is 19.1 Å². The van der Waals surface area contributed by atoms with Crippen molar-refractivity contribution in [2.24, 2.45) is 7.05 Å². The van der Waals surface area contributed by atoms with Crippen LogP contribution in [0.15, 0.2) is 24.3 Å². The number of rotatable bonds is 6. The van der Waals surface area contributed by atoms with Gasteiger partial charge in [-0.2, -0.15) is 0 Å². The molecule has 0 aliphatic carbocycles. The summed E-state index contributed by atoms with van der Waals surface area (Å²) >= 11 is 5.87. The van der Waals surface area contributed by atoms with Crippen LogP contribution in [0.5, 0.6) is 0 Å². The number of hydrogen-bond donors (Lipinski definition) is 0. The van der Waals surface area contributed by atoms with Gasteiger partial charge in [0.15, 0.2) is 5.78 Å². The highest BCUT2D eigenvalue weighted by Gasteiger charge is 2.31. The first-order chi connectivity index (χ1) is 13.1. The fourth-order valence-electron chi connectivity index (χ4n) is 3.19. The van der Waals surface area contributed by atoms with E-state index in [9.17, 15) is 14.4 Å². The number of carbonyl (C=O) groups excluding carboxylic acids is 3. The number of halogens is 1. The van der Waals surface area contributed by atoms with E-state index in [4.69, 9.17) is 16.3 Å². The van der Waals surface area contributed by atoms with Crippen LogP contribution in [0.1, 0.15) is 56.3 Å². The summed E-state index contributed by atoms with van der Waals surface area (Å²) in [6, 6.07) is 5.79. The summed E-state index contributed by atoms with van der Waals surface area (Å²) in [5, 5.41) is 0.533. The van der Waals surface area contributed by atoms with Gasteiger partial charge in [0.25, 0.3) is 5.91 Å². The number of benzene rings is 1. The van der Waals surface area contributed by atoms with E-state index >= 15 is 0 Å². The van der Waals surface area contributed by atoms with Crippen LogP contribution >= 0.6 is 11.6 Å². The molecule has 0 aliphatic rings. The van der Waals surface area contributed by atoms with E-state index < -0.39 is 12.0 Å². The second-order valence-corrected chi connectivity index (χ2v) is 7.11. The summed E-state index contributed by atoms with van der Waals surface area (Å²) in [6.45, 7) is 7.15. The highest BCUT2D eigenvalue weighted by atomic mass is 35.5. The molecule has 2 aromatic rings. The molecule has 0 bridgehead atoms. The number of hydrogen-bond acceptors (Lipinski definition) is 4. The second-order valence-electron chi connectivity index (χ2n) is 6.68. The van der Waals surface area contributed by atoms with E-state index in [1.807, 2.05) is 0 Å². The molecule has 6 nitrogen and oxygen atoms in total. The largest absolute Gasteiger partial charge is 0.461 e. The molecule has 0 aliphatic heterocycles. The monoisotopic (exact) mass is 404 g/mol. The predicted molar refractivity (Wildman–Crippen MR) is 108 cm³/mol. The zero-order valence-electron chi connectivity index (χ0n) is 17.0. The zero-order valence-corrected chi connectivity index (χ0v) is 17.8. The molecule has 1 amide bonds. The van der Waals surface area contributed by atoms with E-state index in [1.54, 1.807) is 70.6 Å². The van der Waals surface area contributed by atoms with Crippen molar-refractivity contribution in [1.82, 2.24) is 9.47 Å². The molecule has 0 spiro atoms. The number of amides is 1. The molecule has 1 unspecified atom stereocenters. The normalized spacial score (nSPS) is 11.8. The van der Waals surface area contributed by atoms with E-state index in [-0.39, 0.29) is 18.3 Å². The van der Waals surface area contributed by atoms with Gasteiger partial charge in [0, 0.05) is 35.9 Å². The number of ketones is 1. The quantitative estimate of drug-likeness (QED) is 0.542. The molecule has 0 fully saturated rings. The molecule has 7 heteroatoms. The van der Waals surface area contributed by atoms with Crippen molar-refractivity contribution in [2.45, 2.75) is 33.7 Å². The molecule has 2 rings (SSSR count). The second kappa shape index (κ2) is 8.61. The third-order valence-electron chi connectivity index (χ3n) is 5.02. The molecule has 1 heterocycles. The number of likely N-dealkylation sites (N-methyl/N-ethyl adjacent to an activating group) is 1. The molecule has 1 aromatic carbocycles. The van der Waals surface area contributed by atoms with Gasteiger partial charge < -0.3 is 14.2 Å². The van der Waals surface area contributed by atoms with Crippen LogP contribution in [0.2, 0.25) is 5.02 Å². The number of esters is 1. The van der Waals surface area contributed by atoms with Crippen LogP contribution in [0, 0.1) is 13.8 Å². The standard InChI is InChI=1S/C21H25ClN2O4/c1-7-28-21(27)18-12(2)17(13(3)23(18)5)19(25)14(4)24(6)20(26)15-8-10-16(22)11-9-15/h8-11,14H,7H2,1-6H3. The van der Waals surface area contributed by atoms with Gasteiger partial charge in [0.1, 0.15) is 5.69 Å². The molecule has 1 aromatic heterocycles. The van der Waals surface area contributed by atoms with Crippen molar-refractivity contribution in [2.75, 3.05) is 13.7 Å². The lowest BCUT2D eigenvalue weighted by molar-refractivity contribution is 0.0514. The highest BCUT2D eigenvalue weighted by Crippen LogP contribution is 2.25. The van der Waals surface area contributed by atoms with Gasteiger partial charge in [-0.3, -0.25) is 9.59 Å². The Morgan fingerprint density at radius 1 is 1.18 bits per heavy atom. The van der Waals surface area contributed by atoms with Crippen molar-refractivity contribution in [3.05, 3.63) is 57.4 Å². The molecule has 28 heavy (non-hydrogen) atoms. The predicted octanol–water partition coefficient (Wildman–Crippen LogP) is 3.82. The summed E-state index contributed by atoms with van der Waals surface area (Å²) in [7, 11) is 3.30. The van der Waals surface area contributed by atoms with Crippen molar-refractivity contribution in [1.29, 1.82) is 0 Å². The third-order valence-corrected chi connectivity index (χ3v) is 5.27. The van der Waals surface area contributed by atoms with Crippen LogP contribution in [-0.4, -0.2) is 46.8 Å². The third kappa shape index (κ3) is 3.97. The van der Waals surface area contributed by atoms with Gasteiger partial charge in [-0.15, -0.1) is 0 Å². The Kier molecular flexibility index (Phi) is 6.67. The molecule has 1 atom stereocenters. The van der Waals surface area contributed by atoms with Crippen LogP contribution in [0.25, 0.3) is 0 Å². The van der Waals surface area contributed by atoms with Gasteiger partial charge in [-0.25, -0.2) is 4.79 Å². The van der Waals surface area contributed by atoms with E-state index in [0.29, 0.717) is 33.1 Å². The van der Waals surface area contributed by atoms with Gasteiger partial charge in [-0.05, 0) is 57.5 Å². The summed E-state index contributed by atoms with van der Waals surface area (Å²) in [4.78, 5) is 39.6. The minimum atomic E-state index is -0.710. The molecule has 0 N–H and O–H groups in total. The molecule has 150 valence electrons. The lowest BCUT2D eigenvalue weighted by atomic mass is 9.99. The molecule has 0 saturated carbocycles. The SMILES string of the molecule is CCOC(=O)c1c(C)c(C(=O)C(C)N(C)C(=O)c2ccc(Cl)cc2)c(C)n1C. The topological polar surface area (TPSA) is 68.6 Å². The van der Waals surface area contributed by atoms with Crippen LogP contribution in [0.3, 0.4) is 0 Å². The van der Waals surface area contributed by atoms with Crippen molar-refractivity contribution in [3.8, 4) is 0 Å². The molecular weight excluding hydrogens is 380 g/mol. The molecule has 0 saturated heterocycles. The lowest BCUT2D eigenvalue weighted by Crippen LogP contribution is -2.40. The fourth-order valence-corrected chi connectivity index (χ4v) is 3.31. The first-order valence-corrected chi connectivity index (χ1v) is 9.39. The molecule has 0 radical (unpaired) electrons. The average molecular weight is 405 g/mol. The Labute approximate surface area is 170 Å². The van der Waals surface area contributed by atoms with Gasteiger partial charge in [-0.1, -0.05) is 11.6 Å². The summed E-state index contributed by atoms with van der Waals surface area (Å²) in [5.41, 5.74) is 2.45. The minimum absolute atomic E-state index is 0.231. The maximum absolute atomic E-state index is 13.2. The van der Waals surface area contributed by atoms with Crippen molar-refractivity contribution >= 4 is 29.3 Å². The minimum Gasteiger partial charge on any atom is -0.461 e. The highest BCUT2D eigenvalue weighted by molar-refractivity contribution is 6.30. The number of aromatic nitrogens is 1. The Morgan fingerprint density at radius 2 is 1.75 bits per heavy atom. The number of ether oxygens (including phenoxy) is 1. The summed E-state index contributed by atoms with van der Waals surface area (Å²) in [5.74, 6) is -0.983. The molecular formula is C21H25ClN2O4. The number of Topliss-reactive ketones (excluding diaryl/α,β-unsaturated/α-hetero) is 1. The maximum Gasteiger partial charge on any atom is 0.355 e. The van der Waals surface area contributed by atoms with Gasteiger partial charge in [0.05, 0.1) is 12.6 Å². The summed E-state index contributed by atoms with van der Waals surface area (Å²) in [6.07, 6.45) is 0. The van der Waals surface area contributed by atoms with Crippen LogP contribution < -0.4 is 0 Å². The van der Waals surface area contributed by atoms with Gasteiger partial charge >= 0.3 is 5.97 Å². The number of carbonyl (C=O) groups is 3. The Bertz CT molecular complexity index is 915. The van der Waals surface area contributed by atoms with E-state index in [2.05, 4.69) is 0 Å². The van der Waals surface area contributed by atoms with E-state index in [1.165, 1.54) is 4.90 Å². The Morgan fingerprint density at radius 3 is 2.29 bits per heavy atom. The Hall–Kier alpha value is -2.60. The van der Waals surface area contributed by atoms with Crippen LogP contribution in [-0.2, 0) is 11.8 Å². The van der Waals surface area contributed by atoms with Crippen molar-refractivity contribution in [3.63, 3.8) is 0 Å². The first-order valence-electron chi connectivity index (χ1n) is 9.01. The first kappa shape index (κ1) is 21.7. The van der Waals surface area contributed by atoms with E-state index in [0.717, 1.165) is 0 Å². The smallest absolute Gasteiger partial charge is 0.355 e. The fraction of sp³-hybridized carbons (Fsp3) is 0.381. The maximum atomic E-state index is 13.2. The lowest BCUT2D eigenvalue weighted by Gasteiger charge is -2.24. The Balaban J connectivity index is 2.34. The van der Waals surface area contributed by atoms with Gasteiger partial charge in [0.2, 0.25) is 0 Å². The number of nitrogens with zero attached hydrogens (tertiary/aromatic N) is 2. The average Bonchev–Trinajstić information content (AvgIpc) is 2.89. The zero-order chi connectivity index (χ0) is 21.2.